The summed E-state index contributed by atoms with van der Waals surface area (Å²) >= 11 is 0. The molecule has 1 fully saturated rings. The van der Waals surface area contributed by atoms with E-state index in [4.69, 9.17) is 0 Å². The molecule has 1 aliphatic rings. The summed E-state index contributed by atoms with van der Waals surface area (Å²) in [6, 6.07) is -0.777. The summed E-state index contributed by atoms with van der Waals surface area (Å²) in [7, 11) is 1.36. The third-order valence-electron chi connectivity index (χ3n) is 3.38. The van der Waals surface area contributed by atoms with E-state index in [1.807, 2.05) is 19.1 Å². The maximum Gasteiger partial charge on any atom is 1.00 e. The first kappa shape index (κ1) is 18.4. The summed E-state index contributed by atoms with van der Waals surface area (Å²) in [4.78, 5) is 36.6. The van der Waals surface area contributed by atoms with Crippen LogP contribution in [-0.2, 0) is 9.59 Å². The van der Waals surface area contributed by atoms with E-state index in [9.17, 15) is 14.4 Å². The standard InChI is InChI=1S/C13H20N2O3.Na/c1-5-6-7-8-13(9(2)3)10(16)14-12(18)15(4)11(13)17;/h6-7,9H,5,8H2,1-4H3,(H,14,16,18);/q;+1/p-1/b7-6+;. The summed E-state index contributed by atoms with van der Waals surface area (Å²) in [5.74, 6) is -1.28. The Morgan fingerprint density at radius 1 is 1.26 bits per heavy atom. The van der Waals surface area contributed by atoms with Gasteiger partial charge in [0.2, 0.25) is 0 Å². The predicted octanol–water partition coefficient (Wildman–Crippen LogP) is -0.519. The number of amides is 4. The topological polar surface area (TPSA) is 68.6 Å². The summed E-state index contributed by atoms with van der Waals surface area (Å²) < 4.78 is 0. The Hall–Kier alpha value is -0.650. The maximum absolute atomic E-state index is 12.3. The Kier molecular flexibility index (Phi) is 6.97. The maximum atomic E-state index is 12.3. The van der Waals surface area contributed by atoms with Gasteiger partial charge in [-0.25, -0.2) is 0 Å². The van der Waals surface area contributed by atoms with E-state index >= 15 is 0 Å². The number of barbiturate groups is 1. The van der Waals surface area contributed by atoms with Gasteiger partial charge in [-0.05, 0) is 18.8 Å². The van der Waals surface area contributed by atoms with Crippen molar-refractivity contribution in [3.05, 3.63) is 17.5 Å². The van der Waals surface area contributed by atoms with Crippen LogP contribution in [0.4, 0.5) is 4.79 Å². The summed E-state index contributed by atoms with van der Waals surface area (Å²) in [5.41, 5.74) is -1.23. The molecular weight excluding hydrogens is 255 g/mol. The molecule has 1 atom stereocenters. The van der Waals surface area contributed by atoms with Crippen molar-refractivity contribution in [1.29, 1.82) is 0 Å². The molecule has 0 aliphatic carbocycles. The Labute approximate surface area is 136 Å². The number of hydrogen-bond acceptors (Lipinski definition) is 3. The molecule has 6 heteroatoms. The van der Waals surface area contributed by atoms with E-state index in [0.717, 1.165) is 11.3 Å². The molecule has 0 bridgehead atoms. The molecule has 100 valence electrons. The molecular formula is C13H19N2NaO3. The largest absolute Gasteiger partial charge is 1.00 e. The second kappa shape index (κ2) is 7.22. The number of imide groups is 2. The average molecular weight is 274 g/mol. The van der Waals surface area contributed by atoms with Crippen LogP contribution in [0.3, 0.4) is 0 Å². The fraction of sp³-hybridized carbons (Fsp3) is 0.615. The van der Waals surface area contributed by atoms with Gasteiger partial charge in [-0.15, -0.1) is 0 Å². The van der Waals surface area contributed by atoms with Crippen LogP contribution in [0.15, 0.2) is 12.2 Å². The van der Waals surface area contributed by atoms with Crippen molar-refractivity contribution in [1.82, 2.24) is 4.90 Å². The first-order valence-electron chi connectivity index (χ1n) is 6.11. The molecule has 0 aromatic carbocycles. The fourth-order valence-corrected chi connectivity index (χ4v) is 2.08. The normalized spacial score (nSPS) is 23.8. The van der Waals surface area contributed by atoms with Crippen LogP contribution in [0, 0.1) is 11.3 Å². The zero-order chi connectivity index (χ0) is 13.9. The van der Waals surface area contributed by atoms with E-state index in [-0.39, 0.29) is 41.9 Å². The van der Waals surface area contributed by atoms with Gasteiger partial charge >= 0.3 is 29.6 Å². The summed E-state index contributed by atoms with van der Waals surface area (Å²) in [5, 5.41) is 3.46. The second-order valence-corrected chi connectivity index (χ2v) is 4.77. The third-order valence-corrected chi connectivity index (χ3v) is 3.38. The molecule has 4 amide bonds. The van der Waals surface area contributed by atoms with E-state index in [1.165, 1.54) is 7.05 Å². The van der Waals surface area contributed by atoms with Gasteiger partial charge in [0.25, 0.3) is 0 Å². The van der Waals surface area contributed by atoms with Crippen LogP contribution in [0.5, 0.6) is 0 Å². The molecule has 0 radical (unpaired) electrons. The molecule has 0 aromatic heterocycles. The van der Waals surface area contributed by atoms with Gasteiger partial charge in [-0.2, -0.15) is 0 Å². The van der Waals surface area contributed by atoms with Gasteiger partial charge in [0.05, 0.1) is 5.41 Å². The molecule has 1 heterocycles. The molecule has 5 nitrogen and oxygen atoms in total. The molecule has 0 spiro atoms. The quantitative estimate of drug-likeness (QED) is 0.393. The van der Waals surface area contributed by atoms with Crippen LogP contribution in [-0.4, -0.2) is 29.8 Å². The molecule has 0 N–H and O–H groups in total. The van der Waals surface area contributed by atoms with Crippen LogP contribution in [0.25, 0.3) is 5.32 Å². The number of hydrogen-bond donors (Lipinski definition) is 0. The van der Waals surface area contributed by atoms with Crippen molar-refractivity contribution >= 4 is 17.8 Å². The van der Waals surface area contributed by atoms with E-state index in [1.54, 1.807) is 13.8 Å². The monoisotopic (exact) mass is 274 g/mol. The van der Waals surface area contributed by atoms with Gasteiger partial charge in [-0.1, -0.05) is 40.0 Å². The van der Waals surface area contributed by atoms with Crippen LogP contribution in [0.1, 0.15) is 33.6 Å². The van der Waals surface area contributed by atoms with Crippen molar-refractivity contribution in [3.63, 3.8) is 0 Å². The Morgan fingerprint density at radius 3 is 2.32 bits per heavy atom. The molecule has 0 saturated carbocycles. The van der Waals surface area contributed by atoms with Gasteiger partial charge in [0.1, 0.15) is 0 Å². The van der Waals surface area contributed by atoms with Crippen molar-refractivity contribution in [2.24, 2.45) is 11.3 Å². The number of carbonyl (C=O) groups excluding carboxylic acids is 3. The van der Waals surface area contributed by atoms with Crippen molar-refractivity contribution in [2.75, 3.05) is 7.05 Å². The third kappa shape index (κ3) is 3.27. The minimum absolute atomic E-state index is 0. The van der Waals surface area contributed by atoms with Crippen molar-refractivity contribution in [3.8, 4) is 0 Å². The molecule has 1 rings (SSSR count). The fourth-order valence-electron chi connectivity index (χ4n) is 2.08. The Bertz CT molecular complexity index is 407. The van der Waals surface area contributed by atoms with Crippen molar-refractivity contribution < 1.29 is 43.9 Å². The molecule has 1 unspecified atom stereocenters. The molecule has 1 aliphatic heterocycles. The Morgan fingerprint density at radius 2 is 1.84 bits per heavy atom. The first-order chi connectivity index (χ1) is 8.37. The number of urea groups is 1. The van der Waals surface area contributed by atoms with Crippen LogP contribution >= 0.6 is 0 Å². The average Bonchev–Trinajstić information content (AvgIpc) is 2.30. The number of carbonyl (C=O) groups is 3. The van der Waals surface area contributed by atoms with Gasteiger partial charge in [0, 0.05) is 0 Å². The number of allylic oxidation sites excluding steroid dienone is 2. The molecule has 0 aromatic rings. The van der Waals surface area contributed by atoms with E-state index in [2.05, 4.69) is 5.32 Å². The van der Waals surface area contributed by atoms with Gasteiger partial charge in [-0.3, -0.25) is 14.4 Å². The van der Waals surface area contributed by atoms with Crippen LogP contribution < -0.4 is 29.6 Å². The number of nitrogens with zero attached hydrogens (tertiary/aromatic N) is 2. The Balaban J connectivity index is 0.00000324. The van der Waals surface area contributed by atoms with Gasteiger partial charge < -0.3 is 10.2 Å². The minimum Gasteiger partial charge on any atom is -0.384 e. The second-order valence-electron chi connectivity index (χ2n) is 4.77. The molecule has 19 heavy (non-hydrogen) atoms. The zero-order valence-electron chi connectivity index (χ0n) is 12.3. The SMILES string of the molecule is CC/C=C/CC1(C(C)C)C(=O)[N-]C(=O)N(C)C1=O.[Na+]. The summed E-state index contributed by atoms with van der Waals surface area (Å²) in [6.45, 7) is 5.58. The number of rotatable bonds is 4. The van der Waals surface area contributed by atoms with Crippen LogP contribution in [0.2, 0.25) is 0 Å². The zero-order valence-corrected chi connectivity index (χ0v) is 14.3. The summed E-state index contributed by atoms with van der Waals surface area (Å²) in [6.07, 6.45) is 4.84. The van der Waals surface area contributed by atoms with Crippen molar-refractivity contribution in [2.45, 2.75) is 33.6 Å². The first-order valence-corrected chi connectivity index (χ1v) is 6.11. The van der Waals surface area contributed by atoms with E-state index < -0.39 is 23.3 Å². The predicted molar refractivity (Wildman–Crippen MR) is 67.9 cm³/mol. The minimum atomic E-state index is -1.23. The molecule has 1 saturated heterocycles. The smallest absolute Gasteiger partial charge is 0.384 e. The van der Waals surface area contributed by atoms with E-state index in [0.29, 0.717) is 0 Å². The van der Waals surface area contributed by atoms with Gasteiger partial charge in [0.15, 0.2) is 17.8 Å².